The van der Waals surface area contributed by atoms with Crippen LogP contribution in [0.5, 0.6) is 0 Å². The van der Waals surface area contributed by atoms with E-state index in [0.717, 1.165) is 12.8 Å². The van der Waals surface area contributed by atoms with Gasteiger partial charge in [0, 0.05) is 12.1 Å². The molecule has 3 N–H and O–H groups in total. The van der Waals surface area contributed by atoms with E-state index in [4.69, 9.17) is 10.5 Å². The molecule has 0 saturated heterocycles. The van der Waals surface area contributed by atoms with Gasteiger partial charge in [-0.2, -0.15) is 0 Å². The Balaban J connectivity index is 3.82. The number of rotatable bonds is 8. The molecular weight excluding hydrogens is 216 g/mol. The topological polar surface area (TPSA) is 64.3 Å². The van der Waals surface area contributed by atoms with Crippen molar-refractivity contribution < 1.29 is 9.53 Å². The van der Waals surface area contributed by atoms with Crippen LogP contribution >= 0.6 is 0 Å². The van der Waals surface area contributed by atoms with Crippen molar-refractivity contribution in [1.82, 2.24) is 5.32 Å². The minimum Gasteiger partial charge on any atom is -0.367 e. The molecule has 0 saturated carbocycles. The van der Waals surface area contributed by atoms with Crippen LogP contribution < -0.4 is 11.1 Å². The van der Waals surface area contributed by atoms with Gasteiger partial charge in [-0.15, -0.1) is 0 Å². The highest BCUT2D eigenvalue weighted by Crippen LogP contribution is 2.06. The maximum Gasteiger partial charge on any atom is 0.248 e. The summed E-state index contributed by atoms with van der Waals surface area (Å²) in [4.78, 5) is 11.7. The molecule has 0 radical (unpaired) electrons. The summed E-state index contributed by atoms with van der Waals surface area (Å²) in [6, 6.07) is 0. The molecule has 2 atom stereocenters. The van der Waals surface area contributed by atoms with E-state index in [1.54, 1.807) is 6.92 Å². The Labute approximate surface area is 105 Å². The third-order valence-corrected chi connectivity index (χ3v) is 2.86. The molecule has 0 bridgehead atoms. The van der Waals surface area contributed by atoms with Crippen LogP contribution in [0.25, 0.3) is 0 Å². The monoisotopic (exact) mass is 244 g/mol. The van der Waals surface area contributed by atoms with Crippen LogP contribution in [0.4, 0.5) is 0 Å². The van der Waals surface area contributed by atoms with Crippen LogP contribution in [-0.2, 0) is 9.53 Å². The fraction of sp³-hybridized carbons (Fsp3) is 0.923. The van der Waals surface area contributed by atoms with Gasteiger partial charge in [-0.1, -0.05) is 20.8 Å². The molecule has 4 nitrogen and oxygen atoms in total. The predicted molar refractivity (Wildman–Crippen MR) is 70.8 cm³/mol. The second-order valence-electron chi connectivity index (χ2n) is 5.43. The van der Waals surface area contributed by atoms with Gasteiger partial charge in [-0.25, -0.2) is 0 Å². The normalized spacial score (nSPS) is 16.6. The summed E-state index contributed by atoms with van der Waals surface area (Å²) in [5.74, 6) is 0.538. The van der Waals surface area contributed by atoms with Crippen LogP contribution in [-0.4, -0.2) is 30.7 Å². The highest BCUT2D eigenvalue weighted by Gasteiger charge is 2.20. The van der Waals surface area contributed by atoms with Gasteiger partial charge in [-0.3, -0.25) is 4.79 Å². The Hall–Kier alpha value is -0.610. The van der Waals surface area contributed by atoms with Crippen molar-refractivity contribution in [2.75, 3.05) is 13.2 Å². The first-order valence-corrected chi connectivity index (χ1v) is 6.46. The molecule has 0 aliphatic carbocycles. The van der Waals surface area contributed by atoms with Gasteiger partial charge in [0.1, 0.15) is 6.10 Å². The average Bonchev–Trinajstić information content (AvgIpc) is 2.25. The van der Waals surface area contributed by atoms with Gasteiger partial charge in [-0.05, 0) is 32.6 Å². The Kier molecular flexibility index (Phi) is 7.39. The summed E-state index contributed by atoms with van der Waals surface area (Å²) in [6.07, 6.45) is 1.38. The van der Waals surface area contributed by atoms with E-state index in [9.17, 15) is 4.79 Å². The first kappa shape index (κ1) is 16.4. The Bertz CT molecular complexity index is 227. The van der Waals surface area contributed by atoms with Gasteiger partial charge in [0.2, 0.25) is 5.91 Å². The van der Waals surface area contributed by atoms with Crippen molar-refractivity contribution in [3.05, 3.63) is 0 Å². The molecular formula is C13H28N2O2. The highest BCUT2D eigenvalue weighted by molar-refractivity contribution is 5.80. The highest BCUT2D eigenvalue weighted by atomic mass is 16.5. The third-order valence-electron chi connectivity index (χ3n) is 2.86. The second kappa shape index (κ2) is 7.67. The van der Waals surface area contributed by atoms with Crippen LogP contribution in [0.2, 0.25) is 0 Å². The standard InChI is InChI=1S/C13H28N2O2/c1-6-13(5,14)9-17-11(4)12(16)15-8-7-10(2)3/h10-11H,6-9,14H2,1-5H3,(H,15,16). The minimum atomic E-state index is -0.434. The maximum absolute atomic E-state index is 11.7. The Morgan fingerprint density at radius 2 is 2.00 bits per heavy atom. The first-order valence-electron chi connectivity index (χ1n) is 6.46. The molecule has 0 aliphatic heterocycles. The van der Waals surface area contributed by atoms with E-state index >= 15 is 0 Å². The summed E-state index contributed by atoms with van der Waals surface area (Å²) in [7, 11) is 0. The lowest BCUT2D eigenvalue weighted by atomic mass is 10.0. The number of nitrogens with one attached hydrogen (secondary N) is 1. The number of hydrogen-bond donors (Lipinski definition) is 2. The summed E-state index contributed by atoms with van der Waals surface area (Å²) in [6.45, 7) is 11.1. The third kappa shape index (κ3) is 8.16. The van der Waals surface area contributed by atoms with E-state index in [2.05, 4.69) is 19.2 Å². The maximum atomic E-state index is 11.7. The van der Waals surface area contributed by atoms with Gasteiger partial charge in [0.15, 0.2) is 0 Å². The van der Waals surface area contributed by atoms with Crippen LogP contribution in [0.1, 0.15) is 47.5 Å². The van der Waals surface area contributed by atoms with E-state index in [1.165, 1.54) is 0 Å². The molecule has 0 aliphatic rings. The Morgan fingerprint density at radius 1 is 1.41 bits per heavy atom. The Morgan fingerprint density at radius 3 is 2.47 bits per heavy atom. The number of carbonyl (C=O) groups is 1. The zero-order valence-corrected chi connectivity index (χ0v) is 11.9. The van der Waals surface area contributed by atoms with Crippen molar-refractivity contribution in [1.29, 1.82) is 0 Å². The van der Waals surface area contributed by atoms with E-state index in [-0.39, 0.29) is 11.4 Å². The number of amides is 1. The van der Waals surface area contributed by atoms with Crippen molar-refractivity contribution in [2.24, 2.45) is 11.7 Å². The van der Waals surface area contributed by atoms with Crippen molar-refractivity contribution >= 4 is 5.91 Å². The number of nitrogens with two attached hydrogens (primary N) is 1. The smallest absolute Gasteiger partial charge is 0.248 e. The zero-order valence-electron chi connectivity index (χ0n) is 11.9. The van der Waals surface area contributed by atoms with Gasteiger partial charge < -0.3 is 15.8 Å². The predicted octanol–water partition coefficient (Wildman–Crippen LogP) is 1.68. The SMILES string of the molecule is CCC(C)(N)COC(C)C(=O)NCCC(C)C. The fourth-order valence-electron chi connectivity index (χ4n) is 1.12. The molecule has 0 fully saturated rings. The molecule has 0 rings (SSSR count). The van der Waals surface area contributed by atoms with Gasteiger partial charge in [0.25, 0.3) is 0 Å². The zero-order chi connectivity index (χ0) is 13.5. The van der Waals surface area contributed by atoms with Crippen LogP contribution in [0.3, 0.4) is 0 Å². The summed E-state index contributed by atoms with van der Waals surface area (Å²) >= 11 is 0. The van der Waals surface area contributed by atoms with Gasteiger partial charge in [0.05, 0.1) is 6.61 Å². The lowest BCUT2D eigenvalue weighted by Gasteiger charge is -2.24. The number of hydrogen-bond acceptors (Lipinski definition) is 3. The van der Waals surface area contributed by atoms with E-state index in [0.29, 0.717) is 19.1 Å². The minimum absolute atomic E-state index is 0.0578. The molecule has 0 heterocycles. The second-order valence-corrected chi connectivity index (χ2v) is 5.43. The molecule has 4 heteroatoms. The molecule has 0 spiro atoms. The number of carbonyl (C=O) groups excluding carboxylic acids is 1. The largest absolute Gasteiger partial charge is 0.367 e. The first-order chi connectivity index (χ1) is 7.78. The van der Waals surface area contributed by atoms with Crippen LogP contribution in [0, 0.1) is 5.92 Å². The fourth-order valence-corrected chi connectivity index (χ4v) is 1.12. The molecule has 1 amide bonds. The van der Waals surface area contributed by atoms with Crippen molar-refractivity contribution in [3.63, 3.8) is 0 Å². The molecule has 102 valence electrons. The molecule has 2 unspecified atom stereocenters. The van der Waals surface area contributed by atoms with Crippen molar-refractivity contribution in [2.45, 2.75) is 59.1 Å². The van der Waals surface area contributed by atoms with Gasteiger partial charge >= 0.3 is 0 Å². The van der Waals surface area contributed by atoms with Crippen LogP contribution in [0.15, 0.2) is 0 Å². The summed E-state index contributed by atoms with van der Waals surface area (Å²) < 4.78 is 5.48. The average molecular weight is 244 g/mol. The summed E-state index contributed by atoms with van der Waals surface area (Å²) in [5.41, 5.74) is 5.59. The number of ether oxygens (including phenoxy) is 1. The van der Waals surface area contributed by atoms with E-state index < -0.39 is 6.10 Å². The van der Waals surface area contributed by atoms with Crippen molar-refractivity contribution in [3.8, 4) is 0 Å². The molecule has 0 aromatic heterocycles. The summed E-state index contributed by atoms with van der Waals surface area (Å²) in [5, 5.41) is 2.86. The quantitative estimate of drug-likeness (QED) is 0.683. The molecule has 0 aromatic rings. The van der Waals surface area contributed by atoms with E-state index in [1.807, 2.05) is 13.8 Å². The lowest BCUT2D eigenvalue weighted by molar-refractivity contribution is -0.132. The molecule has 17 heavy (non-hydrogen) atoms. The lowest BCUT2D eigenvalue weighted by Crippen LogP contribution is -2.44. The molecule has 0 aromatic carbocycles.